The molecule has 1 aliphatic carbocycles. The van der Waals surface area contributed by atoms with Crippen molar-refractivity contribution >= 4 is 22.8 Å². The maximum atomic E-state index is 13.4. The van der Waals surface area contributed by atoms with E-state index in [1.54, 1.807) is 34.0 Å². The summed E-state index contributed by atoms with van der Waals surface area (Å²) in [5, 5.41) is 26.1. The lowest BCUT2D eigenvalue weighted by atomic mass is 9.92. The van der Waals surface area contributed by atoms with E-state index in [0.29, 0.717) is 18.6 Å². The Labute approximate surface area is 264 Å². The number of allylic oxidation sites excluding steroid dienone is 1. The van der Waals surface area contributed by atoms with Crippen molar-refractivity contribution in [3.05, 3.63) is 72.8 Å². The third kappa shape index (κ3) is 6.65. The molecular weight excluding hydrogens is 572 g/mol. The Bertz CT molecular complexity index is 1570. The highest BCUT2D eigenvalue weighted by Gasteiger charge is 2.59. The molecule has 3 aromatic rings. The van der Waals surface area contributed by atoms with Crippen molar-refractivity contribution < 1.29 is 34.0 Å². The fourth-order valence-electron chi connectivity index (χ4n) is 6.42. The van der Waals surface area contributed by atoms with E-state index >= 15 is 0 Å². The fraction of sp³-hybridized carbons (Fsp3) is 0.444. The van der Waals surface area contributed by atoms with Crippen LogP contribution in [-0.2, 0) is 16.0 Å². The van der Waals surface area contributed by atoms with Gasteiger partial charge in [-0.2, -0.15) is 0 Å². The Morgan fingerprint density at radius 3 is 2.49 bits per heavy atom. The zero-order valence-electron chi connectivity index (χ0n) is 26.7. The standard InChI is InChI=1S/C36H44N2O7/c1-7-23-19-36(23,33(40)41)21-37-32(39)30-17-25(20-38(30)34(42)45-35(3,4)5)44-31-18-28(22-12-10-9-11-13-22)26(8-2)29-16-24(43-6)14-15-27(29)31/h7,9-16,18,23,25,30,32,37,39H,1,8,17,19-21H2,2-6H3,(H,40,41). The van der Waals surface area contributed by atoms with E-state index in [-0.39, 0.29) is 19.0 Å². The number of nitrogens with zero attached hydrogens (tertiary/aromatic N) is 1. The highest BCUT2D eigenvalue weighted by molar-refractivity contribution is 5.97. The second-order valence-corrected chi connectivity index (χ2v) is 13.0. The third-order valence-electron chi connectivity index (χ3n) is 8.92. The Morgan fingerprint density at radius 2 is 1.89 bits per heavy atom. The van der Waals surface area contributed by atoms with Gasteiger partial charge in [0, 0.05) is 18.4 Å². The minimum absolute atomic E-state index is 0.0513. The molecule has 5 rings (SSSR count). The Kier molecular flexibility index (Phi) is 9.14. The van der Waals surface area contributed by atoms with Crippen LogP contribution < -0.4 is 14.8 Å². The molecule has 240 valence electrons. The van der Waals surface area contributed by atoms with Crippen molar-refractivity contribution in [3.8, 4) is 22.6 Å². The molecule has 9 nitrogen and oxygen atoms in total. The lowest BCUT2D eigenvalue weighted by molar-refractivity contribution is -0.143. The number of aliphatic carboxylic acids is 1. The van der Waals surface area contributed by atoms with Gasteiger partial charge < -0.3 is 24.4 Å². The molecule has 5 atom stereocenters. The number of hydrogen-bond donors (Lipinski definition) is 3. The molecular formula is C36H44N2O7. The maximum Gasteiger partial charge on any atom is 0.410 e. The largest absolute Gasteiger partial charge is 0.497 e. The fourth-order valence-corrected chi connectivity index (χ4v) is 6.42. The Hall–Kier alpha value is -4.08. The first kappa shape index (κ1) is 32.3. The van der Waals surface area contributed by atoms with Gasteiger partial charge in [-0.05, 0) is 85.9 Å². The Balaban J connectivity index is 1.47. The average Bonchev–Trinajstić information content (AvgIpc) is 3.60. The molecule has 5 unspecified atom stereocenters. The molecule has 0 spiro atoms. The van der Waals surface area contributed by atoms with Gasteiger partial charge >= 0.3 is 12.1 Å². The number of ether oxygens (including phenoxy) is 3. The van der Waals surface area contributed by atoms with E-state index < -0.39 is 41.5 Å². The van der Waals surface area contributed by atoms with Gasteiger partial charge in [-0.25, -0.2) is 4.79 Å². The number of amides is 1. The minimum atomic E-state index is -1.20. The molecule has 1 saturated carbocycles. The molecule has 1 aliphatic heterocycles. The van der Waals surface area contributed by atoms with Gasteiger partial charge in [0.25, 0.3) is 0 Å². The molecule has 3 aromatic carbocycles. The Morgan fingerprint density at radius 1 is 1.16 bits per heavy atom. The normalized spacial score (nSPS) is 23.4. The van der Waals surface area contributed by atoms with Crippen LogP contribution in [0.3, 0.4) is 0 Å². The number of likely N-dealkylation sites (tertiary alicyclic amines) is 1. The second-order valence-electron chi connectivity index (χ2n) is 13.0. The summed E-state index contributed by atoms with van der Waals surface area (Å²) in [7, 11) is 1.65. The number of carboxylic acid groups (broad SMARTS) is 1. The number of aryl methyl sites for hydroxylation is 1. The highest BCUT2D eigenvalue weighted by Crippen LogP contribution is 2.53. The zero-order chi connectivity index (χ0) is 32.5. The molecule has 1 saturated heterocycles. The summed E-state index contributed by atoms with van der Waals surface area (Å²) in [6.07, 6.45) is 0.978. The topological polar surface area (TPSA) is 118 Å². The summed E-state index contributed by atoms with van der Waals surface area (Å²) in [6, 6.07) is 17.4. The number of nitrogens with one attached hydrogen (secondary N) is 1. The molecule has 0 aromatic heterocycles. The van der Waals surface area contributed by atoms with E-state index in [1.165, 1.54) is 10.5 Å². The third-order valence-corrected chi connectivity index (χ3v) is 8.92. The predicted molar refractivity (Wildman–Crippen MR) is 173 cm³/mol. The van der Waals surface area contributed by atoms with E-state index in [0.717, 1.165) is 34.1 Å². The van der Waals surface area contributed by atoms with Crippen molar-refractivity contribution in [1.29, 1.82) is 0 Å². The first-order valence-electron chi connectivity index (χ1n) is 15.5. The average molecular weight is 617 g/mol. The van der Waals surface area contributed by atoms with Crippen LogP contribution >= 0.6 is 0 Å². The van der Waals surface area contributed by atoms with Crippen LogP contribution in [0.4, 0.5) is 4.79 Å². The van der Waals surface area contributed by atoms with Gasteiger partial charge in [-0.1, -0.05) is 43.3 Å². The highest BCUT2D eigenvalue weighted by atomic mass is 16.6. The lowest BCUT2D eigenvalue weighted by Crippen LogP contribution is -2.52. The van der Waals surface area contributed by atoms with Crippen molar-refractivity contribution in [2.45, 2.75) is 70.9 Å². The minimum Gasteiger partial charge on any atom is -0.497 e. The van der Waals surface area contributed by atoms with Gasteiger partial charge in [0.2, 0.25) is 0 Å². The number of fused-ring (bicyclic) bond motifs is 1. The van der Waals surface area contributed by atoms with Crippen LogP contribution in [0, 0.1) is 11.3 Å². The molecule has 45 heavy (non-hydrogen) atoms. The van der Waals surface area contributed by atoms with Crippen LogP contribution in [-0.4, -0.2) is 71.3 Å². The van der Waals surface area contributed by atoms with Gasteiger partial charge in [0.05, 0.1) is 25.1 Å². The summed E-state index contributed by atoms with van der Waals surface area (Å²) in [6.45, 7) is 11.5. The van der Waals surface area contributed by atoms with Gasteiger partial charge in [-0.3, -0.25) is 15.0 Å². The summed E-state index contributed by atoms with van der Waals surface area (Å²) in [4.78, 5) is 26.9. The summed E-state index contributed by atoms with van der Waals surface area (Å²) in [5.74, 6) is 0.302. The summed E-state index contributed by atoms with van der Waals surface area (Å²) >= 11 is 0. The number of aliphatic hydroxyl groups excluding tert-OH is 1. The first-order valence-corrected chi connectivity index (χ1v) is 15.5. The monoisotopic (exact) mass is 616 g/mol. The molecule has 9 heteroatoms. The summed E-state index contributed by atoms with van der Waals surface area (Å²) in [5.41, 5.74) is 1.53. The van der Waals surface area contributed by atoms with Crippen LogP contribution in [0.15, 0.2) is 67.3 Å². The molecule has 2 fully saturated rings. The van der Waals surface area contributed by atoms with Gasteiger partial charge in [0.1, 0.15) is 29.4 Å². The van der Waals surface area contributed by atoms with Crippen molar-refractivity contribution in [3.63, 3.8) is 0 Å². The van der Waals surface area contributed by atoms with Crippen LogP contribution in [0.1, 0.15) is 46.1 Å². The van der Waals surface area contributed by atoms with Gasteiger partial charge in [-0.15, -0.1) is 6.58 Å². The molecule has 1 amide bonds. The van der Waals surface area contributed by atoms with E-state index in [9.17, 15) is 19.8 Å². The van der Waals surface area contributed by atoms with E-state index in [4.69, 9.17) is 14.2 Å². The number of rotatable bonds is 11. The first-order chi connectivity index (χ1) is 21.4. The zero-order valence-corrected chi connectivity index (χ0v) is 26.7. The number of hydrogen-bond acceptors (Lipinski definition) is 7. The molecule has 0 bridgehead atoms. The van der Waals surface area contributed by atoms with Gasteiger partial charge in [0.15, 0.2) is 0 Å². The lowest BCUT2D eigenvalue weighted by Gasteiger charge is -2.31. The molecule has 1 heterocycles. The van der Waals surface area contributed by atoms with Crippen molar-refractivity contribution in [2.75, 3.05) is 20.2 Å². The number of benzene rings is 3. The van der Waals surface area contributed by atoms with Crippen LogP contribution in [0.25, 0.3) is 21.9 Å². The SMILES string of the molecule is C=CC1CC1(CNC(O)C1CC(Oc2cc(-c3ccccc3)c(CC)c3cc(OC)ccc23)CN1C(=O)OC(C)(C)C)C(=O)O. The van der Waals surface area contributed by atoms with Crippen molar-refractivity contribution in [1.82, 2.24) is 10.2 Å². The second kappa shape index (κ2) is 12.7. The number of aliphatic hydroxyl groups is 1. The van der Waals surface area contributed by atoms with E-state index in [2.05, 4.69) is 37.0 Å². The molecule has 2 aliphatic rings. The summed E-state index contributed by atoms with van der Waals surface area (Å²) < 4.78 is 18.0. The van der Waals surface area contributed by atoms with Crippen molar-refractivity contribution in [2.24, 2.45) is 11.3 Å². The number of carbonyl (C=O) groups excluding carboxylic acids is 1. The van der Waals surface area contributed by atoms with Crippen LogP contribution in [0.2, 0.25) is 0 Å². The van der Waals surface area contributed by atoms with E-state index in [1.807, 2.05) is 36.4 Å². The number of carboxylic acids is 1. The number of carbonyl (C=O) groups is 2. The van der Waals surface area contributed by atoms with Crippen LogP contribution in [0.5, 0.6) is 11.5 Å². The molecule has 0 radical (unpaired) electrons. The number of methoxy groups -OCH3 is 1. The quantitative estimate of drug-likeness (QED) is 0.177. The maximum absolute atomic E-state index is 13.4. The molecule has 3 N–H and O–H groups in total. The smallest absolute Gasteiger partial charge is 0.410 e. The predicted octanol–water partition coefficient (Wildman–Crippen LogP) is 6.02.